The van der Waals surface area contributed by atoms with Crippen LogP contribution in [0.3, 0.4) is 0 Å². The summed E-state index contributed by atoms with van der Waals surface area (Å²) in [7, 11) is 0. The van der Waals surface area contributed by atoms with Crippen molar-refractivity contribution in [3.05, 3.63) is 23.8 Å². The molecule has 98 valence electrons. The van der Waals surface area contributed by atoms with E-state index in [9.17, 15) is 9.90 Å². The molecule has 1 aliphatic rings. The number of nitrogens with two attached hydrogens (primary N) is 2. The highest BCUT2D eigenvalue weighted by Crippen LogP contribution is 2.29. The van der Waals surface area contributed by atoms with Gasteiger partial charge in [0.2, 0.25) is 0 Å². The molecule has 0 spiro atoms. The number of hydrogen-bond donors (Lipinski definition) is 3. The number of carbonyl (C=O) groups excluding carboxylic acids is 1. The predicted molar refractivity (Wildman–Crippen MR) is 71.4 cm³/mol. The number of piperidine rings is 1. The second-order valence-corrected chi connectivity index (χ2v) is 5.12. The number of nitrogen functional groups attached to an aromatic ring is 1. The molecule has 1 aromatic carbocycles. The van der Waals surface area contributed by atoms with Gasteiger partial charge in [-0.3, -0.25) is 4.79 Å². The van der Waals surface area contributed by atoms with Gasteiger partial charge in [-0.15, -0.1) is 0 Å². The highest BCUT2D eigenvalue weighted by atomic mass is 16.3. The molecule has 1 fully saturated rings. The van der Waals surface area contributed by atoms with Gasteiger partial charge in [0, 0.05) is 18.8 Å². The molecule has 5 heteroatoms. The number of anilines is 2. The van der Waals surface area contributed by atoms with E-state index in [1.165, 1.54) is 0 Å². The Hall–Kier alpha value is -1.75. The van der Waals surface area contributed by atoms with E-state index >= 15 is 0 Å². The molecule has 0 saturated carbocycles. The first-order chi connectivity index (χ1) is 8.39. The van der Waals surface area contributed by atoms with Crippen LogP contribution in [0.25, 0.3) is 0 Å². The van der Waals surface area contributed by atoms with E-state index in [1.54, 1.807) is 18.2 Å². The van der Waals surface area contributed by atoms with Crippen molar-refractivity contribution >= 4 is 17.3 Å². The number of rotatable bonds is 2. The number of aliphatic hydroxyl groups is 1. The Kier molecular flexibility index (Phi) is 3.17. The Morgan fingerprint density at radius 1 is 1.39 bits per heavy atom. The number of hydrogen-bond acceptors (Lipinski definition) is 4. The van der Waals surface area contributed by atoms with Crippen LogP contribution in [0.5, 0.6) is 0 Å². The molecule has 0 unspecified atom stereocenters. The fourth-order valence-corrected chi connectivity index (χ4v) is 2.25. The molecule has 0 radical (unpaired) electrons. The summed E-state index contributed by atoms with van der Waals surface area (Å²) in [6.45, 7) is 3.21. The molecular weight excluding hydrogens is 230 g/mol. The first kappa shape index (κ1) is 12.7. The van der Waals surface area contributed by atoms with Crippen LogP contribution in [-0.2, 0) is 0 Å². The van der Waals surface area contributed by atoms with Gasteiger partial charge >= 0.3 is 0 Å². The van der Waals surface area contributed by atoms with Crippen LogP contribution in [0.1, 0.15) is 30.1 Å². The van der Waals surface area contributed by atoms with Crippen LogP contribution in [0.15, 0.2) is 18.2 Å². The quantitative estimate of drug-likeness (QED) is 0.673. The van der Waals surface area contributed by atoms with Gasteiger partial charge in [-0.25, -0.2) is 0 Å². The van der Waals surface area contributed by atoms with Gasteiger partial charge in [0.15, 0.2) is 0 Å². The molecule has 1 saturated heterocycles. The molecule has 1 aliphatic heterocycles. The minimum Gasteiger partial charge on any atom is -0.399 e. The summed E-state index contributed by atoms with van der Waals surface area (Å²) >= 11 is 0. The smallest absolute Gasteiger partial charge is 0.250 e. The van der Waals surface area contributed by atoms with E-state index in [4.69, 9.17) is 11.5 Å². The van der Waals surface area contributed by atoms with E-state index in [0.29, 0.717) is 37.2 Å². The monoisotopic (exact) mass is 249 g/mol. The minimum absolute atomic E-state index is 0.456. The zero-order valence-electron chi connectivity index (χ0n) is 10.5. The number of primary amides is 1. The molecular formula is C13H19N3O2. The topological polar surface area (TPSA) is 92.6 Å². The Balaban J connectivity index is 2.28. The van der Waals surface area contributed by atoms with Crippen LogP contribution in [0.4, 0.5) is 11.4 Å². The molecule has 5 N–H and O–H groups in total. The van der Waals surface area contributed by atoms with Gasteiger partial charge < -0.3 is 21.5 Å². The van der Waals surface area contributed by atoms with Crippen LogP contribution in [-0.4, -0.2) is 29.7 Å². The third-order valence-corrected chi connectivity index (χ3v) is 3.47. The first-order valence-electron chi connectivity index (χ1n) is 6.06. The number of nitrogens with zero attached hydrogens (tertiary/aromatic N) is 1. The molecule has 0 bridgehead atoms. The van der Waals surface area contributed by atoms with Crippen molar-refractivity contribution < 1.29 is 9.90 Å². The summed E-state index contributed by atoms with van der Waals surface area (Å²) in [6, 6.07) is 5.09. The lowest BCUT2D eigenvalue weighted by molar-refractivity contribution is 0.0351. The predicted octanol–water partition coefficient (Wildman–Crippen LogP) is 0.719. The van der Waals surface area contributed by atoms with Crippen LogP contribution in [0.2, 0.25) is 0 Å². The molecule has 1 aromatic rings. The Bertz CT molecular complexity index is 461. The van der Waals surface area contributed by atoms with Crippen molar-refractivity contribution in [2.24, 2.45) is 5.73 Å². The summed E-state index contributed by atoms with van der Waals surface area (Å²) in [6.07, 6.45) is 1.33. The molecule has 0 atom stereocenters. The van der Waals surface area contributed by atoms with E-state index in [-0.39, 0.29) is 0 Å². The molecule has 1 amide bonds. The van der Waals surface area contributed by atoms with Crippen molar-refractivity contribution in [2.75, 3.05) is 23.7 Å². The summed E-state index contributed by atoms with van der Waals surface area (Å²) in [5.41, 5.74) is 12.4. The van der Waals surface area contributed by atoms with Gasteiger partial charge in [-0.05, 0) is 38.0 Å². The molecule has 1 heterocycles. The Morgan fingerprint density at radius 3 is 2.56 bits per heavy atom. The second-order valence-electron chi connectivity index (χ2n) is 5.12. The normalized spacial score (nSPS) is 18.7. The SMILES string of the molecule is CC1(O)CCN(c2cc(N)ccc2C(N)=O)CC1. The van der Waals surface area contributed by atoms with Crippen LogP contribution in [0, 0.1) is 0 Å². The highest BCUT2D eigenvalue weighted by Gasteiger charge is 2.28. The van der Waals surface area contributed by atoms with Gasteiger partial charge in [-0.2, -0.15) is 0 Å². The summed E-state index contributed by atoms with van der Waals surface area (Å²) in [4.78, 5) is 13.5. The lowest BCUT2D eigenvalue weighted by Gasteiger charge is -2.37. The average molecular weight is 249 g/mol. The average Bonchev–Trinajstić information content (AvgIpc) is 2.28. The van der Waals surface area contributed by atoms with Gasteiger partial charge in [-0.1, -0.05) is 0 Å². The lowest BCUT2D eigenvalue weighted by atomic mass is 9.93. The standard InChI is InChI=1S/C13H19N3O2/c1-13(18)4-6-16(7-5-13)11-8-9(14)2-3-10(11)12(15)17/h2-3,8,18H,4-7,14H2,1H3,(H2,15,17). The first-order valence-corrected chi connectivity index (χ1v) is 6.06. The van der Waals surface area contributed by atoms with E-state index in [0.717, 1.165) is 5.69 Å². The fourth-order valence-electron chi connectivity index (χ4n) is 2.25. The maximum absolute atomic E-state index is 11.4. The minimum atomic E-state index is -0.621. The summed E-state index contributed by atoms with van der Waals surface area (Å²) in [5.74, 6) is -0.456. The zero-order valence-corrected chi connectivity index (χ0v) is 10.5. The third kappa shape index (κ3) is 2.56. The Labute approximate surface area is 106 Å². The van der Waals surface area contributed by atoms with Crippen molar-refractivity contribution in [3.63, 3.8) is 0 Å². The van der Waals surface area contributed by atoms with Crippen molar-refractivity contribution in [2.45, 2.75) is 25.4 Å². The van der Waals surface area contributed by atoms with Gasteiger partial charge in [0.25, 0.3) is 5.91 Å². The van der Waals surface area contributed by atoms with Gasteiger partial charge in [0.05, 0.1) is 16.9 Å². The third-order valence-electron chi connectivity index (χ3n) is 3.47. The van der Waals surface area contributed by atoms with Crippen molar-refractivity contribution in [3.8, 4) is 0 Å². The highest BCUT2D eigenvalue weighted by molar-refractivity contribution is 5.99. The maximum Gasteiger partial charge on any atom is 0.250 e. The number of amides is 1. The molecule has 2 rings (SSSR count). The van der Waals surface area contributed by atoms with Crippen molar-refractivity contribution in [1.29, 1.82) is 0 Å². The summed E-state index contributed by atoms with van der Waals surface area (Å²) < 4.78 is 0. The molecule has 18 heavy (non-hydrogen) atoms. The zero-order chi connectivity index (χ0) is 13.3. The lowest BCUT2D eigenvalue weighted by Crippen LogP contribution is -2.43. The maximum atomic E-state index is 11.4. The van der Waals surface area contributed by atoms with E-state index < -0.39 is 11.5 Å². The van der Waals surface area contributed by atoms with Gasteiger partial charge in [0.1, 0.15) is 0 Å². The van der Waals surface area contributed by atoms with Crippen molar-refractivity contribution in [1.82, 2.24) is 0 Å². The molecule has 0 aromatic heterocycles. The van der Waals surface area contributed by atoms with E-state index in [2.05, 4.69) is 4.90 Å². The fraction of sp³-hybridized carbons (Fsp3) is 0.462. The largest absolute Gasteiger partial charge is 0.399 e. The number of benzene rings is 1. The Morgan fingerprint density at radius 2 is 2.00 bits per heavy atom. The second kappa shape index (κ2) is 4.49. The number of carbonyl (C=O) groups is 1. The summed E-state index contributed by atoms with van der Waals surface area (Å²) in [5, 5.41) is 9.93. The van der Waals surface area contributed by atoms with Crippen LogP contribution < -0.4 is 16.4 Å². The van der Waals surface area contributed by atoms with E-state index in [1.807, 2.05) is 6.92 Å². The molecule has 5 nitrogen and oxygen atoms in total. The molecule has 0 aliphatic carbocycles. The van der Waals surface area contributed by atoms with Crippen LogP contribution >= 0.6 is 0 Å².